The summed E-state index contributed by atoms with van der Waals surface area (Å²) in [6.45, 7) is 5.18. The highest BCUT2D eigenvalue weighted by Crippen LogP contribution is 2.34. The number of carbonyl (C=O) groups excluding carboxylic acids is 1. The first kappa shape index (κ1) is 13.9. The van der Waals surface area contributed by atoms with Gasteiger partial charge in [0.25, 0.3) is 0 Å². The van der Waals surface area contributed by atoms with Gasteiger partial charge in [-0.15, -0.1) is 0 Å². The Morgan fingerprint density at radius 3 is 2.56 bits per heavy atom. The Kier molecular flexibility index (Phi) is 4.31. The molecule has 0 aliphatic heterocycles. The molecule has 2 saturated carbocycles. The summed E-state index contributed by atoms with van der Waals surface area (Å²) in [7, 11) is 0. The highest BCUT2D eigenvalue weighted by Gasteiger charge is 2.37. The zero-order valence-corrected chi connectivity index (χ0v) is 11.9. The average molecular weight is 252 g/mol. The highest BCUT2D eigenvalue weighted by molar-refractivity contribution is 5.80. The van der Waals surface area contributed by atoms with Gasteiger partial charge in [0.1, 0.15) is 0 Å². The minimum atomic E-state index is 0.0331. The Balaban J connectivity index is 1.90. The summed E-state index contributed by atoms with van der Waals surface area (Å²) in [4.78, 5) is 12.4. The fourth-order valence-electron chi connectivity index (χ4n) is 3.58. The third-order valence-electron chi connectivity index (χ3n) is 5.10. The van der Waals surface area contributed by atoms with Crippen molar-refractivity contribution in [3.63, 3.8) is 0 Å². The molecule has 2 rings (SSSR count). The van der Waals surface area contributed by atoms with Gasteiger partial charge < -0.3 is 11.1 Å². The largest absolute Gasteiger partial charge is 0.351 e. The molecule has 2 atom stereocenters. The lowest BCUT2D eigenvalue weighted by Crippen LogP contribution is -2.51. The maximum absolute atomic E-state index is 12.4. The smallest absolute Gasteiger partial charge is 0.223 e. The number of hydrogen-bond acceptors (Lipinski definition) is 2. The molecule has 0 saturated heterocycles. The second kappa shape index (κ2) is 5.60. The normalized spacial score (nSPS) is 40.7. The first-order valence-electron chi connectivity index (χ1n) is 7.56. The van der Waals surface area contributed by atoms with Crippen molar-refractivity contribution in [3.05, 3.63) is 0 Å². The lowest BCUT2D eigenvalue weighted by atomic mass is 9.78. The predicted molar refractivity (Wildman–Crippen MR) is 74.1 cm³/mol. The van der Waals surface area contributed by atoms with Gasteiger partial charge in [0.15, 0.2) is 0 Å². The molecule has 0 aromatic rings. The van der Waals surface area contributed by atoms with E-state index < -0.39 is 0 Å². The van der Waals surface area contributed by atoms with Gasteiger partial charge >= 0.3 is 0 Å². The van der Waals surface area contributed by atoms with E-state index in [1.165, 1.54) is 12.8 Å². The summed E-state index contributed by atoms with van der Waals surface area (Å²) in [5.74, 6) is 1.67. The van der Waals surface area contributed by atoms with Crippen LogP contribution in [-0.2, 0) is 4.79 Å². The van der Waals surface area contributed by atoms with E-state index in [2.05, 4.69) is 19.2 Å². The van der Waals surface area contributed by atoms with Crippen molar-refractivity contribution in [2.75, 3.05) is 6.54 Å². The van der Waals surface area contributed by atoms with Crippen LogP contribution >= 0.6 is 0 Å². The molecule has 1 amide bonds. The fourth-order valence-corrected chi connectivity index (χ4v) is 3.58. The molecule has 18 heavy (non-hydrogen) atoms. The van der Waals surface area contributed by atoms with Gasteiger partial charge in [-0.1, -0.05) is 13.3 Å². The summed E-state index contributed by atoms with van der Waals surface area (Å²) in [5.41, 5.74) is 5.80. The minimum absolute atomic E-state index is 0.0331. The second-order valence-electron chi connectivity index (χ2n) is 6.77. The van der Waals surface area contributed by atoms with Gasteiger partial charge in [-0.2, -0.15) is 0 Å². The summed E-state index contributed by atoms with van der Waals surface area (Å²) < 4.78 is 0. The van der Waals surface area contributed by atoms with Crippen LogP contribution in [-0.4, -0.2) is 18.0 Å². The molecule has 0 unspecified atom stereocenters. The number of hydrogen-bond donors (Lipinski definition) is 2. The number of amides is 1. The van der Waals surface area contributed by atoms with Crippen LogP contribution in [0.1, 0.15) is 58.8 Å². The van der Waals surface area contributed by atoms with E-state index in [1.807, 2.05) is 0 Å². The molecule has 0 aromatic heterocycles. The Morgan fingerprint density at radius 2 is 1.94 bits per heavy atom. The molecule has 104 valence electrons. The SMILES string of the molecule is CC1CCC(C)(NC(=O)[C@@H]2CCC[C@@H]2CN)CC1. The lowest BCUT2D eigenvalue weighted by Gasteiger charge is -2.38. The van der Waals surface area contributed by atoms with Crippen molar-refractivity contribution < 1.29 is 4.79 Å². The summed E-state index contributed by atoms with van der Waals surface area (Å²) in [6.07, 6.45) is 8.04. The number of nitrogens with one attached hydrogen (secondary N) is 1. The van der Waals surface area contributed by atoms with Crippen molar-refractivity contribution in [1.29, 1.82) is 0 Å². The summed E-state index contributed by atoms with van der Waals surface area (Å²) in [5, 5.41) is 3.33. The predicted octanol–water partition coefficient (Wildman–Crippen LogP) is 2.45. The molecule has 3 heteroatoms. The standard InChI is InChI=1S/C15H28N2O/c1-11-6-8-15(2,9-7-11)17-14(18)13-5-3-4-12(13)10-16/h11-13H,3-10,16H2,1-2H3,(H,17,18)/t11?,12-,13-,15?/m1/s1. The van der Waals surface area contributed by atoms with Crippen molar-refractivity contribution in [3.8, 4) is 0 Å². The van der Waals surface area contributed by atoms with Crippen LogP contribution in [0, 0.1) is 17.8 Å². The number of carbonyl (C=O) groups is 1. The third kappa shape index (κ3) is 3.05. The Hall–Kier alpha value is -0.570. The van der Waals surface area contributed by atoms with E-state index >= 15 is 0 Å². The van der Waals surface area contributed by atoms with Gasteiger partial charge in [-0.05, 0) is 63.8 Å². The maximum atomic E-state index is 12.4. The first-order chi connectivity index (χ1) is 8.54. The Bertz CT molecular complexity index is 295. The topological polar surface area (TPSA) is 55.1 Å². The van der Waals surface area contributed by atoms with E-state index in [4.69, 9.17) is 5.73 Å². The monoisotopic (exact) mass is 252 g/mol. The van der Waals surface area contributed by atoms with Crippen molar-refractivity contribution in [2.45, 2.75) is 64.3 Å². The molecule has 3 N–H and O–H groups in total. The average Bonchev–Trinajstić information content (AvgIpc) is 2.81. The molecule has 2 aliphatic rings. The van der Waals surface area contributed by atoms with Crippen molar-refractivity contribution >= 4 is 5.91 Å². The highest BCUT2D eigenvalue weighted by atomic mass is 16.2. The molecular weight excluding hydrogens is 224 g/mol. The van der Waals surface area contributed by atoms with Crippen LogP contribution in [0.15, 0.2) is 0 Å². The van der Waals surface area contributed by atoms with Gasteiger partial charge in [-0.25, -0.2) is 0 Å². The number of nitrogens with two attached hydrogens (primary N) is 1. The molecular formula is C15H28N2O. The molecule has 0 radical (unpaired) electrons. The molecule has 2 aliphatic carbocycles. The third-order valence-corrected chi connectivity index (χ3v) is 5.10. The Morgan fingerprint density at radius 1 is 1.28 bits per heavy atom. The minimum Gasteiger partial charge on any atom is -0.351 e. The first-order valence-corrected chi connectivity index (χ1v) is 7.56. The number of rotatable bonds is 3. The van der Waals surface area contributed by atoms with Crippen LogP contribution in [0.3, 0.4) is 0 Å². The van der Waals surface area contributed by atoms with E-state index in [-0.39, 0.29) is 17.4 Å². The molecule has 2 fully saturated rings. The molecule has 0 spiro atoms. The molecule has 0 heterocycles. The lowest BCUT2D eigenvalue weighted by molar-refractivity contribution is -0.128. The summed E-state index contributed by atoms with van der Waals surface area (Å²) >= 11 is 0. The zero-order valence-electron chi connectivity index (χ0n) is 11.9. The zero-order chi connectivity index (χ0) is 13.2. The van der Waals surface area contributed by atoms with Crippen LogP contribution in [0.25, 0.3) is 0 Å². The van der Waals surface area contributed by atoms with Crippen LogP contribution in [0.4, 0.5) is 0 Å². The van der Waals surface area contributed by atoms with Crippen LogP contribution < -0.4 is 11.1 Å². The van der Waals surface area contributed by atoms with Crippen molar-refractivity contribution in [1.82, 2.24) is 5.32 Å². The van der Waals surface area contributed by atoms with E-state index in [0.29, 0.717) is 12.5 Å². The van der Waals surface area contributed by atoms with Gasteiger partial charge in [0.2, 0.25) is 5.91 Å². The molecule has 0 aromatic carbocycles. The fraction of sp³-hybridized carbons (Fsp3) is 0.933. The quantitative estimate of drug-likeness (QED) is 0.810. The van der Waals surface area contributed by atoms with E-state index in [0.717, 1.165) is 38.0 Å². The van der Waals surface area contributed by atoms with Crippen LogP contribution in [0.2, 0.25) is 0 Å². The van der Waals surface area contributed by atoms with Gasteiger partial charge in [0.05, 0.1) is 0 Å². The molecule has 0 bridgehead atoms. The van der Waals surface area contributed by atoms with E-state index in [9.17, 15) is 4.79 Å². The second-order valence-corrected chi connectivity index (χ2v) is 6.77. The Labute approximate surface area is 111 Å². The van der Waals surface area contributed by atoms with Gasteiger partial charge in [0, 0.05) is 11.5 Å². The van der Waals surface area contributed by atoms with Crippen molar-refractivity contribution in [2.24, 2.45) is 23.5 Å². The molecule has 3 nitrogen and oxygen atoms in total. The maximum Gasteiger partial charge on any atom is 0.223 e. The van der Waals surface area contributed by atoms with E-state index in [1.54, 1.807) is 0 Å². The van der Waals surface area contributed by atoms with Gasteiger partial charge in [-0.3, -0.25) is 4.79 Å². The summed E-state index contributed by atoms with van der Waals surface area (Å²) in [6, 6.07) is 0. The van der Waals surface area contributed by atoms with Crippen LogP contribution in [0.5, 0.6) is 0 Å².